The van der Waals surface area contributed by atoms with Crippen LogP contribution in [0.2, 0.25) is 0 Å². The minimum atomic E-state index is -5.46. The molecule has 0 bridgehead atoms. The summed E-state index contributed by atoms with van der Waals surface area (Å²) in [5.41, 5.74) is 1.07. The molecule has 0 heterocycles. The first-order valence-corrected chi connectivity index (χ1v) is 6.71. The molecule has 0 N–H and O–H groups in total. The number of nitrogens with zero attached hydrogens (tertiary/aromatic N) is 1. The van der Waals surface area contributed by atoms with Gasteiger partial charge in [0.25, 0.3) is 0 Å². The highest BCUT2D eigenvalue weighted by molar-refractivity contribution is 7.51. The summed E-state index contributed by atoms with van der Waals surface area (Å²) in [4.78, 5) is 0. The zero-order valence-electron chi connectivity index (χ0n) is 9.33. The lowest BCUT2D eigenvalue weighted by Gasteiger charge is -2.06. The molecular formula is C13H10F2NOP. The Morgan fingerprint density at radius 2 is 1.22 bits per heavy atom. The molecule has 0 saturated heterocycles. The lowest BCUT2D eigenvalue weighted by Crippen LogP contribution is -2.02. The summed E-state index contributed by atoms with van der Waals surface area (Å²) in [7, 11) is -5.46. The van der Waals surface area contributed by atoms with Crippen molar-refractivity contribution in [3.63, 3.8) is 0 Å². The molecule has 0 aromatic heterocycles. The standard InChI is InChI=1S/C13H10F2NOP/c14-18(15,17)16-13(11-7-3-1-4-8-11)12-9-5-2-6-10-12/h1-10H. The molecular weight excluding hydrogens is 255 g/mol. The van der Waals surface area contributed by atoms with Gasteiger partial charge >= 0.3 is 7.91 Å². The average molecular weight is 265 g/mol. The van der Waals surface area contributed by atoms with Gasteiger partial charge in [-0.15, -0.1) is 8.39 Å². The molecule has 5 heteroatoms. The largest absolute Gasteiger partial charge is 0.530 e. The van der Waals surface area contributed by atoms with Gasteiger partial charge in [0.15, 0.2) is 0 Å². The van der Waals surface area contributed by atoms with Crippen LogP contribution in [0.3, 0.4) is 0 Å². The Kier molecular flexibility index (Phi) is 3.68. The van der Waals surface area contributed by atoms with E-state index in [9.17, 15) is 13.0 Å². The van der Waals surface area contributed by atoms with Gasteiger partial charge in [-0.05, 0) is 0 Å². The summed E-state index contributed by atoms with van der Waals surface area (Å²) in [6, 6.07) is 17.0. The third-order valence-corrected chi connectivity index (χ3v) is 2.74. The summed E-state index contributed by atoms with van der Waals surface area (Å²) in [5.74, 6) is 0. The molecule has 0 atom stereocenters. The summed E-state index contributed by atoms with van der Waals surface area (Å²) in [6.07, 6.45) is 0. The topological polar surface area (TPSA) is 29.4 Å². The molecule has 18 heavy (non-hydrogen) atoms. The first-order valence-electron chi connectivity index (χ1n) is 5.27. The molecule has 2 rings (SSSR count). The molecule has 2 nitrogen and oxygen atoms in total. The van der Waals surface area contributed by atoms with Crippen LogP contribution in [0, 0.1) is 0 Å². The predicted molar refractivity (Wildman–Crippen MR) is 68.3 cm³/mol. The van der Waals surface area contributed by atoms with E-state index in [0.717, 1.165) is 0 Å². The Bertz CT molecular complexity index is 551. The smallest absolute Gasteiger partial charge is 0.224 e. The van der Waals surface area contributed by atoms with Crippen molar-refractivity contribution in [2.24, 2.45) is 4.76 Å². The Hall–Kier alpha value is -1.80. The zero-order chi connectivity index (χ0) is 13.0. The number of hydrogen-bond acceptors (Lipinski definition) is 1. The quantitative estimate of drug-likeness (QED) is 0.590. The summed E-state index contributed by atoms with van der Waals surface area (Å²) in [5, 5.41) is 0. The maximum atomic E-state index is 12.7. The third-order valence-electron chi connectivity index (χ3n) is 2.31. The van der Waals surface area contributed by atoms with Crippen molar-refractivity contribution >= 4 is 13.6 Å². The van der Waals surface area contributed by atoms with Gasteiger partial charge in [-0.25, -0.2) is 4.57 Å². The van der Waals surface area contributed by atoms with Crippen LogP contribution in [0.25, 0.3) is 0 Å². The Morgan fingerprint density at radius 1 is 0.833 bits per heavy atom. The highest BCUT2D eigenvalue weighted by Gasteiger charge is 2.20. The first kappa shape index (κ1) is 12.7. The van der Waals surface area contributed by atoms with Crippen LogP contribution in [-0.4, -0.2) is 5.71 Å². The molecule has 0 saturated carbocycles. The average Bonchev–Trinajstić information content (AvgIpc) is 2.37. The van der Waals surface area contributed by atoms with E-state index >= 15 is 0 Å². The van der Waals surface area contributed by atoms with E-state index in [1.807, 2.05) is 0 Å². The van der Waals surface area contributed by atoms with Crippen LogP contribution in [0.5, 0.6) is 0 Å². The maximum Gasteiger partial charge on any atom is 0.530 e. The van der Waals surface area contributed by atoms with Gasteiger partial charge < -0.3 is 0 Å². The van der Waals surface area contributed by atoms with Crippen LogP contribution in [0.4, 0.5) is 8.39 Å². The van der Waals surface area contributed by atoms with Crippen LogP contribution >= 0.6 is 7.91 Å². The van der Waals surface area contributed by atoms with Gasteiger partial charge in [0.05, 0.1) is 5.71 Å². The second-order valence-electron chi connectivity index (χ2n) is 3.62. The van der Waals surface area contributed by atoms with E-state index in [1.165, 1.54) is 0 Å². The second kappa shape index (κ2) is 5.23. The summed E-state index contributed by atoms with van der Waals surface area (Å²) < 4.78 is 39.2. The Morgan fingerprint density at radius 3 is 1.56 bits per heavy atom. The SMILES string of the molecule is O=P(F)(F)N=C(c1ccccc1)c1ccccc1. The lowest BCUT2D eigenvalue weighted by molar-refractivity contribution is 0.497. The van der Waals surface area contributed by atoms with Crippen molar-refractivity contribution in [3.8, 4) is 0 Å². The van der Waals surface area contributed by atoms with Crippen molar-refractivity contribution in [2.45, 2.75) is 0 Å². The lowest BCUT2D eigenvalue weighted by atomic mass is 10.0. The first-order chi connectivity index (χ1) is 8.56. The van der Waals surface area contributed by atoms with Crippen molar-refractivity contribution in [2.75, 3.05) is 0 Å². The fraction of sp³-hybridized carbons (Fsp3) is 0. The Labute approximate surface area is 104 Å². The van der Waals surface area contributed by atoms with E-state index in [4.69, 9.17) is 0 Å². The van der Waals surface area contributed by atoms with Gasteiger partial charge in [0, 0.05) is 11.1 Å². The maximum absolute atomic E-state index is 12.7. The molecule has 0 radical (unpaired) electrons. The predicted octanol–water partition coefficient (Wildman–Crippen LogP) is 4.57. The van der Waals surface area contributed by atoms with E-state index in [-0.39, 0.29) is 5.71 Å². The fourth-order valence-electron chi connectivity index (χ4n) is 1.59. The number of hydrogen-bond donors (Lipinski definition) is 0. The molecule has 0 spiro atoms. The second-order valence-corrected chi connectivity index (χ2v) is 4.68. The van der Waals surface area contributed by atoms with Gasteiger partial charge in [-0.3, -0.25) is 0 Å². The molecule has 0 amide bonds. The Balaban J connectivity index is 2.56. The van der Waals surface area contributed by atoms with Gasteiger partial charge in [-0.1, -0.05) is 60.7 Å². The molecule has 2 aromatic carbocycles. The van der Waals surface area contributed by atoms with Crippen molar-refractivity contribution in [1.29, 1.82) is 0 Å². The molecule has 0 fully saturated rings. The number of halogens is 2. The molecule has 0 unspecified atom stereocenters. The molecule has 0 aliphatic rings. The van der Waals surface area contributed by atoms with Gasteiger partial charge in [0.1, 0.15) is 0 Å². The normalized spacial score (nSPS) is 11.0. The summed E-state index contributed by atoms with van der Waals surface area (Å²) in [6.45, 7) is 0. The van der Waals surface area contributed by atoms with E-state index < -0.39 is 7.91 Å². The number of benzene rings is 2. The molecule has 0 aliphatic carbocycles. The van der Waals surface area contributed by atoms with Crippen LogP contribution in [0.1, 0.15) is 11.1 Å². The van der Waals surface area contributed by atoms with Gasteiger partial charge in [0.2, 0.25) is 0 Å². The van der Waals surface area contributed by atoms with Crippen LogP contribution in [0.15, 0.2) is 65.4 Å². The van der Waals surface area contributed by atoms with Gasteiger partial charge in [-0.2, -0.15) is 4.76 Å². The fourth-order valence-corrected chi connectivity index (χ4v) is 2.05. The van der Waals surface area contributed by atoms with E-state index in [1.54, 1.807) is 60.7 Å². The van der Waals surface area contributed by atoms with Crippen LogP contribution < -0.4 is 0 Å². The van der Waals surface area contributed by atoms with Crippen LogP contribution in [-0.2, 0) is 4.57 Å². The van der Waals surface area contributed by atoms with E-state index in [0.29, 0.717) is 11.1 Å². The number of rotatable bonds is 3. The minimum absolute atomic E-state index is 0.0459. The monoisotopic (exact) mass is 265 g/mol. The molecule has 2 aromatic rings. The summed E-state index contributed by atoms with van der Waals surface area (Å²) >= 11 is 0. The third kappa shape index (κ3) is 3.34. The van der Waals surface area contributed by atoms with Crippen molar-refractivity contribution in [1.82, 2.24) is 0 Å². The molecule has 92 valence electrons. The van der Waals surface area contributed by atoms with E-state index in [2.05, 4.69) is 4.76 Å². The highest BCUT2D eigenvalue weighted by atomic mass is 31.2. The minimum Gasteiger partial charge on any atom is -0.224 e. The zero-order valence-corrected chi connectivity index (χ0v) is 10.2. The molecule has 0 aliphatic heterocycles. The van der Waals surface area contributed by atoms with Crippen molar-refractivity contribution in [3.05, 3.63) is 71.8 Å². The van der Waals surface area contributed by atoms with Crippen molar-refractivity contribution < 1.29 is 13.0 Å². The highest BCUT2D eigenvalue weighted by Crippen LogP contribution is 2.51.